The van der Waals surface area contributed by atoms with Crippen molar-refractivity contribution in [3.63, 3.8) is 0 Å². The maximum Gasteiger partial charge on any atom is 0.157 e. The molecular weight excluding hydrogens is 273 g/mol. The zero-order chi connectivity index (χ0) is 11.8. The molecule has 1 aliphatic carbocycles. The molecule has 0 aliphatic heterocycles. The molecule has 1 aliphatic rings. The molecule has 0 amide bonds. The normalized spacial score (nSPS) is 17.9. The summed E-state index contributed by atoms with van der Waals surface area (Å²) in [6, 6.07) is 4.71. The van der Waals surface area contributed by atoms with Gasteiger partial charge in [0.15, 0.2) is 5.78 Å². The van der Waals surface area contributed by atoms with E-state index < -0.39 is 5.54 Å². The predicted octanol–water partition coefficient (Wildman–Crippen LogP) is 2.58. The van der Waals surface area contributed by atoms with Gasteiger partial charge in [0, 0.05) is 6.42 Å². The van der Waals surface area contributed by atoms with Gasteiger partial charge in [-0.05, 0) is 46.8 Å². The number of ketones is 1. The molecule has 1 fully saturated rings. The Balaban J connectivity index is 2.15. The van der Waals surface area contributed by atoms with E-state index in [-0.39, 0.29) is 18.0 Å². The zero-order valence-corrected chi connectivity index (χ0v) is 10.4. The first-order valence-electron chi connectivity index (χ1n) is 5.28. The van der Waals surface area contributed by atoms with Crippen LogP contribution < -0.4 is 5.73 Å². The molecule has 4 heteroatoms. The van der Waals surface area contributed by atoms with Gasteiger partial charge in [-0.15, -0.1) is 0 Å². The summed E-state index contributed by atoms with van der Waals surface area (Å²) in [6.45, 7) is 0. The number of hydrogen-bond donors (Lipinski definition) is 1. The highest BCUT2D eigenvalue weighted by Crippen LogP contribution is 2.32. The number of carbonyl (C=O) groups is 1. The van der Waals surface area contributed by atoms with Crippen molar-refractivity contribution in [3.05, 3.63) is 34.1 Å². The van der Waals surface area contributed by atoms with Gasteiger partial charge in [0.25, 0.3) is 0 Å². The molecule has 1 aromatic carbocycles. The minimum atomic E-state index is -0.661. The third kappa shape index (κ3) is 2.04. The predicted molar refractivity (Wildman–Crippen MR) is 63.6 cm³/mol. The summed E-state index contributed by atoms with van der Waals surface area (Å²) >= 11 is 3.15. The SMILES string of the molecule is NC1(C(=O)Cc2cccc(F)c2Br)CCC1. The van der Waals surface area contributed by atoms with E-state index >= 15 is 0 Å². The lowest BCUT2D eigenvalue weighted by atomic mass is 9.73. The van der Waals surface area contributed by atoms with Crippen molar-refractivity contribution in [1.29, 1.82) is 0 Å². The number of halogens is 2. The first kappa shape index (κ1) is 11.7. The second-order valence-corrected chi connectivity index (χ2v) is 5.12. The molecule has 2 N–H and O–H groups in total. The molecule has 1 aromatic rings. The van der Waals surface area contributed by atoms with E-state index in [1.165, 1.54) is 6.07 Å². The Bertz CT molecular complexity index is 429. The van der Waals surface area contributed by atoms with Crippen LogP contribution in [0.25, 0.3) is 0 Å². The third-order valence-corrected chi connectivity index (χ3v) is 4.07. The van der Waals surface area contributed by atoms with Crippen molar-refractivity contribution in [1.82, 2.24) is 0 Å². The number of rotatable bonds is 3. The van der Waals surface area contributed by atoms with Crippen LogP contribution in [0.1, 0.15) is 24.8 Å². The largest absolute Gasteiger partial charge is 0.319 e. The number of nitrogens with two attached hydrogens (primary N) is 1. The van der Waals surface area contributed by atoms with E-state index in [2.05, 4.69) is 15.9 Å². The first-order valence-corrected chi connectivity index (χ1v) is 6.07. The molecule has 86 valence electrons. The number of Topliss-reactive ketones (excluding diaryl/α,β-unsaturated/α-hetero) is 1. The highest BCUT2D eigenvalue weighted by Gasteiger charge is 2.39. The lowest BCUT2D eigenvalue weighted by molar-refractivity contribution is -0.126. The molecule has 0 radical (unpaired) electrons. The second-order valence-electron chi connectivity index (χ2n) is 4.32. The van der Waals surface area contributed by atoms with Crippen LogP contribution in [0, 0.1) is 5.82 Å². The molecule has 0 atom stereocenters. The van der Waals surface area contributed by atoms with Gasteiger partial charge in [-0.3, -0.25) is 4.79 Å². The van der Waals surface area contributed by atoms with Crippen molar-refractivity contribution in [2.45, 2.75) is 31.2 Å². The first-order chi connectivity index (χ1) is 7.53. The zero-order valence-electron chi connectivity index (χ0n) is 8.80. The highest BCUT2D eigenvalue weighted by molar-refractivity contribution is 9.10. The molecule has 0 spiro atoms. The Labute approximate surface area is 102 Å². The van der Waals surface area contributed by atoms with Crippen molar-refractivity contribution >= 4 is 21.7 Å². The van der Waals surface area contributed by atoms with Gasteiger partial charge in [0.1, 0.15) is 5.82 Å². The van der Waals surface area contributed by atoms with Gasteiger partial charge in [-0.2, -0.15) is 0 Å². The quantitative estimate of drug-likeness (QED) is 0.928. The van der Waals surface area contributed by atoms with Crippen molar-refractivity contribution in [2.75, 3.05) is 0 Å². The van der Waals surface area contributed by atoms with E-state index in [1.807, 2.05) is 0 Å². The standard InChI is InChI=1S/C12H13BrFNO/c13-11-8(3-1-4-9(11)14)7-10(16)12(15)5-2-6-12/h1,3-4H,2,5-7,15H2. The molecular formula is C12H13BrFNO. The number of hydrogen-bond acceptors (Lipinski definition) is 2. The molecule has 0 heterocycles. The van der Waals surface area contributed by atoms with Gasteiger partial charge >= 0.3 is 0 Å². The smallest absolute Gasteiger partial charge is 0.157 e. The maximum absolute atomic E-state index is 13.2. The monoisotopic (exact) mass is 285 g/mol. The van der Waals surface area contributed by atoms with Gasteiger partial charge in [-0.25, -0.2) is 4.39 Å². The highest BCUT2D eigenvalue weighted by atomic mass is 79.9. The average molecular weight is 286 g/mol. The minimum absolute atomic E-state index is 0.00468. The molecule has 16 heavy (non-hydrogen) atoms. The van der Waals surface area contributed by atoms with E-state index in [1.54, 1.807) is 12.1 Å². The molecule has 0 unspecified atom stereocenters. The number of benzene rings is 1. The van der Waals surface area contributed by atoms with Crippen molar-refractivity contribution in [3.8, 4) is 0 Å². The van der Waals surface area contributed by atoms with Crippen LogP contribution in [0.5, 0.6) is 0 Å². The molecule has 0 aromatic heterocycles. The van der Waals surface area contributed by atoms with E-state index in [0.717, 1.165) is 19.3 Å². The van der Waals surface area contributed by atoms with Crippen LogP contribution in [0.3, 0.4) is 0 Å². The third-order valence-electron chi connectivity index (χ3n) is 3.18. The van der Waals surface area contributed by atoms with Crippen LogP contribution in [0.4, 0.5) is 4.39 Å². The summed E-state index contributed by atoms with van der Waals surface area (Å²) in [7, 11) is 0. The topological polar surface area (TPSA) is 43.1 Å². The Morgan fingerprint density at radius 1 is 1.50 bits per heavy atom. The Morgan fingerprint density at radius 3 is 2.75 bits per heavy atom. The number of carbonyl (C=O) groups excluding carboxylic acids is 1. The average Bonchev–Trinajstić information content (AvgIpc) is 2.21. The molecule has 1 saturated carbocycles. The van der Waals surface area contributed by atoms with E-state index in [4.69, 9.17) is 5.73 Å². The van der Waals surface area contributed by atoms with Crippen molar-refractivity contribution < 1.29 is 9.18 Å². The lowest BCUT2D eigenvalue weighted by Crippen LogP contribution is -2.54. The fraction of sp³-hybridized carbons (Fsp3) is 0.417. The summed E-state index contributed by atoms with van der Waals surface area (Å²) < 4.78 is 13.6. The fourth-order valence-corrected chi connectivity index (χ4v) is 2.28. The van der Waals surface area contributed by atoms with Gasteiger partial charge in [-0.1, -0.05) is 12.1 Å². The second kappa shape index (κ2) is 4.26. The van der Waals surface area contributed by atoms with Gasteiger partial charge in [0.2, 0.25) is 0 Å². The Kier molecular flexibility index (Phi) is 3.13. The summed E-state index contributed by atoms with van der Waals surface area (Å²) in [5.41, 5.74) is 5.93. The van der Waals surface area contributed by atoms with Crippen LogP contribution in [-0.4, -0.2) is 11.3 Å². The summed E-state index contributed by atoms with van der Waals surface area (Å²) in [4.78, 5) is 11.9. The van der Waals surface area contributed by atoms with E-state index in [9.17, 15) is 9.18 Å². The molecule has 2 nitrogen and oxygen atoms in total. The van der Waals surface area contributed by atoms with Crippen molar-refractivity contribution in [2.24, 2.45) is 5.73 Å². The van der Waals surface area contributed by atoms with Crippen LogP contribution >= 0.6 is 15.9 Å². The fourth-order valence-electron chi connectivity index (χ4n) is 1.87. The molecule has 2 rings (SSSR count). The van der Waals surface area contributed by atoms with Gasteiger partial charge in [0.05, 0.1) is 10.0 Å². The van der Waals surface area contributed by atoms with Crippen LogP contribution in [-0.2, 0) is 11.2 Å². The summed E-state index contributed by atoms with van der Waals surface area (Å²) in [6.07, 6.45) is 2.71. The maximum atomic E-state index is 13.2. The van der Waals surface area contributed by atoms with E-state index in [0.29, 0.717) is 10.0 Å². The van der Waals surface area contributed by atoms with Crippen LogP contribution in [0.15, 0.2) is 22.7 Å². The Hall–Kier alpha value is -0.740. The van der Waals surface area contributed by atoms with Crippen LogP contribution in [0.2, 0.25) is 0 Å². The lowest BCUT2D eigenvalue weighted by Gasteiger charge is -2.36. The minimum Gasteiger partial charge on any atom is -0.319 e. The summed E-state index contributed by atoms with van der Waals surface area (Å²) in [5, 5.41) is 0. The molecule has 0 bridgehead atoms. The molecule has 0 saturated heterocycles. The summed E-state index contributed by atoms with van der Waals surface area (Å²) in [5.74, 6) is -0.338. The Morgan fingerprint density at radius 2 is 2.19 bits per heavy atom. The van der Waals surface area contributed by atoms with Gasteiger partial charge < -0.3 is 5.73 Å².